The number of amides is 2. The first-order valence-electron chi connectivity index (χ1n) is 16.6. The van der Waals surface area contributed by atoms with Crippen molar-refractivity contribution in [3.63, 3.8) is 0 Å². The number of halogens is 3. The Morgan fingerprint density at radius 2 is 1.49 bits per heavy atom. The van der Waals surface area contributed by atoms with Gasteiger partial charge in [0.05, 0.1) is 18.4 Å². The van der Waals surface area contributed by atoms with Crippen molar-refractivity contribution in [1.29, 1.82) is 0 Å². The molecular formula is C40H44Cl2FN3O3. The molecule has 1 aliphatic rings. The van der Waals surface area contributed by atoms with E-state index in [9.17, 15) is 9.59 Å². The molecule has 0 bridgehead atoms. The molecule has 258 valence electrons. The molecule has 49 heavy (non-hydrogen) atoms. The predicted octanol–water partition coefficient (Wildman–Crippen LogP) is 9.16. The van der Waals surface area contributed by atoms with Gasteiger partial charge in [-0.3, -0.25) is 9.59 Å². The molecule has 1 saturated heterocycles. The summed E-state index contributed by atoms with van der Waals surface area (Å²) in [5, 5.41) is 11.0. The van der Waals surface area contributed by atoms with Gasteiger partial charge in [0.15, 0.2) is 0 Å². The molecule has 9 heteroatoms. The molecule has 0 aromatic heterocycles. The van der Waals surface area contributed by atoms with Crippen LogP contribution in [0.2, 0.25) is 10.0 Å². The fourth-order valence-electron chi connectivity index (χ4n) is 6.87. The first kappa shape index (κ1) is 36.4. The van der Waals surface area contributed by atoms with Crippen LogP contribution < -0.4 is 20.7 Å². The quantitative estimate of drug-likeness (QED) is 0.146. The molecule has 0 saturated carbocycles. The van der Waals surface area contributed by atoms with Crippen LogP contribution in [-0.4, -0.2) is 28.9 Å². The van der Waals surface area contributed by atoms with Gasteiger partial charge >= 0.3 is 0 Å². The van der Waals surface area contributed by atoms with Crippen molar-refractivity contribution in [2.75, 3.05) is 0 Å². The minimum absolute atomic E-state index is 0.0208. The molecule has 2 amide bonds. The summed E-state index contributed by atoms with van der Waals surface area (Å²) in [5.41, 5.74) is 2.90. The van der Waals surface area contributed by atoms with Crippen LogP contribution in [0.4, 0.5) is 4.39 Å². The highest BCUT2D eigenvalue weighted by Gasteiger charge is 2.38. The minimum atomic E-state index is -0.668. The second-order valence-electron chi connectivity index (χ2n) is 14.2. The number of carbonyl (C=O) groups excluding carboxylic acids is 2. The Hall–Kier alpha value is -3.91. The van der Waals surface area contributed by atoms with Crippen LogP contribution in [0.3, 0.4) is 0 Å². The van der Waals surface area contributed by atoms with Gasteiger partial charge < -0.3 is 20.7 Å². The van der Waals surface area contributed by atoms with E-state index < -0.39 is 17.8 Å². The van der Waals surface area contributed by atoms with Crippen LogP contribution in [0, 0.1) is 5.82 Å². The molecule has 2 unspecified atom stereocenters. The molecule has 3 N–H and O–H groups in total. The second kappa shape index (κ2) is 15.3. The van der Waals surface area contributed by atoms with Crippen molar-refractivity contribution < 1.29 is 18.7 Å². The number of benzene rings is 4. The molecule has 1 heterocycles. The predicted molar refractivity (Wildman–Crippen MR) is 195 cm³/mol. The normalized spacial score (nSPS) is 16.7. The van der Waals surface area contributed by atoms with E-state index in [0.29, 0.717) is 32.5 Å². The fraction of sp³-hybridized carbons (Fsp3) is 0.350. The van der Waals surface area contributed by atoms with Gasteiger partial charge in [-0.15, -0.1) is 0 Å². The summed E-state index contributed by atoms with van der Waals surface area (Å²) in [6, 6.07) is 26.0. The molecule has 4 aromatic rings. The molecule has 5 rings (SSSR count). The van der Waals surface area contributed by atoms with E-state index in [4.69, 9.17) is 27.9 Å². The van der Waals surface area contributed by atoms with Gasteiger partial charge in [-0.25, -0.2) is 4.39 Å². The molecule has 4 aromatic carbocycles. The third-order valence-electron chi connectivity index (χ3n) is 8.96. The van der Waals surface area contributed by atoms with E-state index >= 15 is 4.39 Å². The van der Waals surface area contributed by atoms with Gasteiger partial charge in [-0.1, -0.05) is 83.9 Å². The topological polar surface area (TPSA) is 79.5 Å². The van der Waals surface area contributed by atoms with Crippen molar-refractivity contribution in [2.45, 2.75) is 89.6 Å². The second-order valence-corrected chi connectivity index (χ2v) is 15.0. The number of hydrogen-bond acceptors (Lipinski definition) is 4. The van der Waals surface area contributed by atoms with Crippen molar-refractivity contribution in [3.8, 4) is 16.9 Å². The number of ether oxygens (including phenoxy) is 1. The van der Waals surface area contributed by atoms with Crippen molar-refractivity contribution in [1.82, 2.24) is 16.0 Å². The largest absolute Gasteiger partial charge is 0.489 e. The number of piperidine rings is 1. The monoisotopic (exact) mass is 703 g/mol. The number of carbonyl (C=O) groups is 2. The summed E-state index contributed by atoms with van der Waals surface area (Å²) >= 11 is 12.6. The van der Waals surface area contributed by atoms with Gasteiger partial charge in [0.2, 0.25) is 11.8 Å². The lowest BCUT2D eigenvalue weighted by Gasteiger charge is -2.46. The van der Waals surface area contributed by atoms with Gasteiger partial charge in [0.25, 0.3) is 0 Å². The highest BCUT2D eigenvalue weighted by Crippen LogP contribution is 2.31. The Morgan fingerprint density at radius 3 is 2.10 bits per heavy atom. The third-order valence-corrected chi connectivity index (χ3v) is 9.67. The average Bonchev–Trinajstić information content (AvgIpc) is 3.03. The van der Waals surface area contributed by atoms with Crippen molar-refractivity contribution in [3.05, 3.63) is 124 Å². The van der Waals surface area contributed by atoms with Crippen molar-refractivity contribution >= 4 is 35.0 Å². The van der Waals surface area contributed by atoms with E-state index in [1.807, 2.05) is 42.5 Å². The molecular weight excluding hydrogens is 660 g/mol. The summed E-state index contributed by atoms with van der Waals surface area (Å²) in [7, 11) is 0. The molecule has 1 fully saturated rings. The highest BCUT2D eigenvalue weighted by molar-refractivity contribution is 6.35. The SMILES string of the molecule is CC(C(=O)NC(CC(=O)NC1CC(C)(C)NC(C)(C)C1)c1ccc(OCc2c(Cl)cccc2Cl)cc1)c1ccc(-c2ccccc2)c(F)c1. The van der Waals surface area contributed by atoms with Crippen LogP contribution in [0.15, 0.2) is 91.0 Å². The molecule has 0 aliphatic carbocycles. The zero-order valence-corrected chi connectivity index (χ0v) is 30.1. The van der Waals surface area contributed by atoms with Gasteiger partial charge in [-0.05, 0) is 94.5 Å². The first-order chi connectivity index (χ1) is 23.2. The standard InChI is InChI=1S/C40H44Cl2FN3O3/c1-25(28-16-19-31(35(43)20-28)26-10-7-6-8-11-26)38(48)45-36(21-37(47)44-29-22-39(2,3)46-40(4,5)23-29)27-14-17-30(18-15-27)49-24-32-33(41)12-9-13-34(32)42/h6-20,25,29,36,46H,21-24H2,1-5H3,(H,44,47)(H,45,48). The number of nitrogens with one attached hydrogen (secondary N) is 3. The summed E-state index contributed by atoms with van der Waals surface area (Å²) < 4.78 is 21.2. The molecule has 1 aliphatic heterocycles. The van der Waals surface area contributed by atoms with Gasteiger partial charge in [0, 0.05) is 38.3 Å². The molecule has 2 atom stereocenters. The van der Waals surface area contributed by atoms with E-state index in [0.717, 1.165) is 24.0 Å². The Kier molecular flexibility index (Phi) is 11.4. The Labute approximate surface area is 298 Å². The minimum Gasteiger partial charge on any atom is -0.489 e. The molecule has 6 nitrogen and oxygen atoms in total. The fourth-order valence-corrected chi connectivity index (χ4v) is 7.38. The third kappa shape index (κ3) is 9.62. The average molecular weight is 705 g/mol. The Morgan fingerprint density at radius 1 is 0.878 bits per heavy atom. The lowest BCUT2D eigenvalue weighted by molar-refractivity contribution is -0.124. The van der Waals surface area contributed by atoms with E-state index in [2.05, 4.69) is 43.6 Å². The Bertz CT molecular complexity index is 1740. The highest BCUT2D eigenvalue weighted by atomic mass is 35.5. The maximum absolute atomic E-state index is 15.2. The number of hydrogen-bond donors (Lipinski definition) is 3. The lowest BCUT2D eigenvalue weighted by atomic mass is 9.79. The van der Waals surface area contributed by atoms with Gasteiger partial charge in [-0.2, -0.15) is 0 Å². The summed E-state index contributed by atoms with van der Waals surface area (Å²) in [5.74, 6) is -0.971. The maximum Gasteiger partial charge on any atom is 0.227 e. The van der Waals surface area contributed by atoms with Crippen LogP contribution in [0.25, 0.3) is 11.1 Å². The Balaban J connectivity index is 1.33. The summed E-state index contributed by atoms with van der Waals surface area (Å²) in [6.45, 7) is 10.5. The van der Waals surface area contributed by atoms with Crippen molar-refractivity contribution in [2.24, 2.45) is 0 Å². The van der Waals surface area contributed by atoms with Crippen LogP contribution in [0.1, 0.15) is 82.5 Å². The van der Waals surface area contributed by atoms with E-state index in [-0.39, 0.29) is 42.0 Å². The van der Waals surface area contributed by atoms with Crippen LogP contribution in [0.5, 0.6) is 5.75 Å². The van der Waals surface area contributed by atoms with Gasteiger partial charge in [0.1, 0.15) is 18.2 Å². The summed E-state index contributed by atoms with van der Waals surface area (Å²) in [6.07, 6.45) is 1.59. The number of rotatable bonds is 11. The van der Waals surface area contributed by atoms with Crippen LogP contribution >= 0.6 is 23.2 Å². The zero-order valence-electron chi connectivity index (χ0n) is 28.6. The zero-order chi connectivity index (χ0) is 35.3. The summed E-state index contributed by atoms with van der Waals surface area (Å²) in [4.78, 5) is 27.3. The molecule has 0 spiro atoms. The molecule has 0 radical (unpaired) electrons. The smallest absolute Gasteiger partial charge is 0.227 e. The van der Waals surface area contributed by atoms with E-state index in [1.54, 1.807) is 49.4 Å². The van der Waals surface area contributed by atoms with E-state index in [1.165, 1.54) is 6.07 Å². The maximum atomic E-state index is 15.2. The first-order valence-corrected chi connectivity index (χ1v) is 17.3. The lowest BCUT2D eigenvalue weighted by Crippen LogP contribution is -2.62. The van der Waals surface area contributed by atoms with Crippen LogP contribution in [-0.2, 0) is 16.2 Å².